The van der Waals surface area contributed by atoms with Crippen LogP contribution in [-0.2, 0) is 6.42 Å². The zero-order valence-corrected chi connectivity index (χ0v) is 14.6. The summed E-state index contributed by atoms with van der Waals surface area (Å²) in [7, 11) is 0. The fourth-order valence-corrected chi connectivity index (χ4v) is 2.72. The third kappa shape index (κ3) is 3.87. The summed E-state index contributed by atoms with van der Waals surface area (Å²) in [4.78, 5) is 35.1. The average Bonchev–Trinajstić information content (AvgIpc) is 2.67. The van der Waals surface area contributed by atoms with Gasteiger partial charge in [-0.2, -0.15) is 0 Å². The van der Waals surface area contributed by atoms with Crippen LogP contribution in [0.25, 0.3) is 11.0 Å². The van der Waals surface area contributed by atoms with Gasteiger partial charge in [0.2, 0.25) is 0 Å². The van der Waals surface area contributed by atoms with Crippen molar-refractivity contribution < 1.29 is 18.9 Å². The Morgan fingerprint density at radius 3 is 2.52 bits per heavy atom. The van der Waals surface area contributed by atoms with Crippen LogP contribution in [0.3, 0.4) is 0 Å². The first-order valence-electron chi connectivity index (χ1n) is 8.52. The summed E-state index contributed by atoms with van der Waals surface area (Å²) in [6.07, 6.45) is 2.03. The molecule has 0 bridgehead atoms. The normalized spacial score (nSPS) is 10.7. The third-order valence-corrected chi connectivity index (χ3v) is 4.14. The fraction of sp³-hybridized carbons (Fsp3) is 0.200. The number of non-ortho nitro benzene ring substituents is 1. The maximum absolute atomic E-state index is 12.6. The number of carbonyl (C=O) groups is 1. The van der Waals surface area contributed by atoms with Crippen LogP contribution in [0.2, 0.25) is 0 Å². The number of fused-ring (bicyclic) bond motifs is 1. The van der Waals surface area contributed by atoms with Crippen LogP contribution in [-0.4, -0.2) is 10.9 Å². The first kappa shape index (κ1) is 18.3. The van der Waals surface area contributed by atoms with E-state index in [2.05, 4.69) is 0 Å². The van der Waals surface area contributed by atoms with Gasteiger partial charge in [0.05, 0.1) is 21.4 Å². The van der Waals surface area contributed by atoms with Crippen molar-refractivity contribution in [1.29, 1.82) is 0 Å². The molecule has 0 aliphatic heterocycles. The molecule has 0 N–H and O–H groups in total. The quantitative estimate of drug-likeness (QED) is 0.279. The lowest BCUT2D eigenvalue weighted by atomic mass is 10.1. The molecule has 2 aromatic carbocycles. The molecule has 0 unspecified atom stereocenters. The van der Waals surface area contributed by atoms with Gasteiger partial charge < -0.3 is 9.15 Å². The topological polar surface area (TPSA) is 99.7 Å². The van der Waals surface area contributed by atoms with Crippen molar-refractivity contribution in [3.63, 3.8) is 0 Å². The maximum atomic E-state index is 12.6. The molecule has 27 heavy (non-hydrogen) atoms. The standard InChI is InChI=1S/C20H17NO6/c1-2-3-6-16-18(15-7-4-5-8-17(15)26-20(16)23)27-19(22)13-9-11-14(12-10-13)21(24)25/h4-5,7-12H,2-3,6H2,1H3. The van der Waals surface area contributed by atoms with Crippen LogP contribution in [0.4, 0.5) is 5.69 Å². The van der Waals surface area contributed by atoms with Crippen LogP contribution in [0.1, 0.15) is 35.7 Å². The van der Waals surface area contributed by atoms with E-state index in [4.69, 9.17) is 9.15 Å². The van der Waals surface area contributed by atoms with Crippen molar-refractivity contribution in [1.82, 2.24) is 0 Å². The number of hydrogen-bond acceptors (Lipinski definition) is 6. The summed E-state index contributed by atoms with van der Waals surface area (Å²) < 4.78 is 10.9. The zero-order valence-electron chi connectivity index (χ0n) is 14.6. The van der Waals surface area contributed by atoms with E-state index in [-0.39, 0.29) is 17.0 Å². The van der Waals surface area contributed by atoms with Crippen molar-refractivity contribution >= 4 is 22.6 Å². The molecular formula is C20H17NO6. The number of esters is 1. The lowest BCUT2D eigenvalue weighted by Gasteiger charge is -2.11. The predicted molar refractivity (Wildman–Crippen MR) is 99.2 cm³/mol. The Bertz CT molecular complexity index is 1050. The van der Waals surface area contributed by atoms with Crippen LogP contribution < -0.4 is 10.4 Å². The summed E-state index contributed by atoms with van der Waals surface area (Å²) in [5, 5.41) is 11.3. The fourth-order valence-electron chi connectivity index (χ4n) is 2.72. The number of nitro benzene ring substituents is 1. The zero-order chi connectivity index (χ0) is 19.4. The second kappa shape index (κ2) is 7.82. The molecule has 0 aliphatic carbocycles. The number of nitrogens with zero attached hydrogens (tertiary/aromatic N) is 1. The number of nitro groups is 1. The Balaban J connectivity index is 2.02. The van der Waals surface area contributed by atoms with E-state index in [1.807, 2.05) is 6.92 Å². The molecule has 0 amide bonds. The number of unbranched alkanes of at least 4 members (excludes halogenated alkanes) is 1. The lowest BCUT2D eigenvalue weighted by molar-refractivity contribution is -0.384. The summed E-state index contributed by atoms with van der Waals surface area (Å²) in [5.41, 5.74) is 0.133. The molecule has 0 aliphatic rings. The number of rotatable bonds is 6. The highest BCUT2D eigenvalue weighted by atomic mass is 16.6. The number of benzene rings is 2. The molecule has 0 saturated carbocycles. The minimum atomic E-state index is -0.696. The molecule has 0 atom stereocenters. The lowest BCUT2D eigenvalue weighted by Crippen LogP contribution is -2.15. The predicted octanol–water partition coefficient (Wildman–Crippen LogP) is 4.26. The maximum Gasteiger partial charge on any atom is 0.343 e. The Morgan fingerprint density at radius 2 is 1.85 bits per heavy atom. The summed E-state index contributed by atoms with van der Waals surface area (Å²) >= 11 is 0. The van der Waals surface area contributed by atoms with Gasteiger partial charge in [0.15, 0.2) is 5.75 Å². The second-order valence-electron chi connectivity index (χ2n) is 5.99. The van der Waals surface area contributed by atoms with E-state index < -0.39 is 16.5 Å². The molecule has 0 saturated heterocycles. The van der Waals surface area contributed by atoms with E-state index >= 15 is 0 Å². The van der Waals surface area contributed by atoms with Crippen LogP contribution >= 0.6 is 0 Å². The molecule has 0 fully saturated rings. The Labute approximate surface area is 154 Å². The second-order valence-corrected chi connectivity index (χ2v) is 5.99. The summed E-state index contributed by atoms with van der Waals surface area (Å²) in [6.45, 7) is 1.99. The summed E-state index contributed by atoms with van der Waals surface area (Å²) in [6, 6.07) is 11.9. The van der Waals surface area contributed by atoms with Crippen molar-refractivity contribution in [3.05, 3.63) is 80.2 Å². The van der Waals surface area contributed by atoms with Gasteiger partial charge >= 0.3 is 11.6 Å². The van der Waals surface area contributed by atoms with E-state index in [1.165, 1.54) is 24.3 Å². The van der Waals surface area contributed by atoms with Crippen LogP contribution in [0.15, 0.2) is 57.7 Å². The number of para-hydroxylation sites is 1. The third-order valence-electron chi connectivity index (χ3n) is 4.14. The number of hydrogen-bond donors (Lipinski definition) is 0. The first-order chi connectivity index (χ1) is 13.0. The SMILES string of the molecule is CCCCc1c(OC(=O)c2ccc([N+](=O)[O-])cc2)c2ccccc2oc1=O. The molecule has 7 heteroatoms. The molecule has 3 aromatic rings. The highest BCUT2D eigenvalue weighted by molar-refractivity contribution is 5.94. The van der Waals surface area contributed by atoms with Crippen molar-refractivity contribution in [3.8, 4) is 5.75 Å². The van der Waals surface area contributed by atoms with Gasteiger partial charge in [0.1, 0.15) is 5.58 Å². The first-order valence-corrected chi connectivity index (χ1v) is 8.52. The van der Waals surface area contributed by atoms with Crippen LogP contribution in [0, 0.1) is 10.1 Å². The van der Waals surface area contributed by atoms with E-state index in [0.29, 0.717) is 23.0 Å². The van der Waals surface area contributed by atoms with Gasteiger partial charge in [-0.05, 0) is 37.1 Å². The van der Waals surface area contributed by atoms with Crippen molar-refractivity contribution in [2.24, 2.45) is 0 Å². The Hall–Kier alpha value is -3.48. The molecular weight excluding hydrogens is 350 g/mol. The largest absolute Gasteiger partial charge is 0.422 e. The van der Waals surface area contributed by atoms with Gasteiger partial charge in [-0.25, -0.2) is 9.59 Å². The van der Waals surface area contributed by atoms with Crippen LogP contribution in [0.5, 0.6) is 5.75 Å². The monoisotopic (exact) mass is 367 g/mol. The molecule has 3 rings (SSSR count). The molecule has 1 heterocycles. The van der Waals surface area contributed by atoms with Gasteiger partial charge in [-0.1, -0.05) is 25.5 Å². The average molecular weight is 367 g/mol. The smallest absolute Gasteiger partial charge is 0.343 e. The summed E-state index contributed by atoms with van der Waals surface area (Å²) in [5.74, 6) is -0.517. The Kier molecular flexibility index (Phi) is 5.30. The van der Waals surface area contributed by atoms with Crippen molar-refractivity contribution in [2.45, 2.75) is 26.2 Å². The highest BCUT2D eigenvalue weighted by Gasteiger charge is 2.20. The van der Waals surface area contributed by atoms with E-state index in [0.717, 1.165) is 12.8 Å². The minimum absolute atomic E-state index is 0.124. The molecule has 7 nitrogen and oxygen atoms in total. The number of ether oxygens (including phenoxy) is 1. The van der Waals surface area contributed by atoms with Gasteiger partial charge in [-0.3, -0.25) is 10.1 Å². The van der Waals surface area contributed by atoms with Gasteiger partial charge in [0, 0.05) is 12.1 Å². The van der Waals surface area contributed by atoms with Crippen molar-refractivity contribution in [2.75, 3.05) is 0 Å². The van der Waals surface area contributed by atoms with Gasteiger partial charge in [0.25, 0.3) is 5.69 Å². The van der Waals surface area contributed by atoms with E-state index in [1.54, 1.807) is 24.3 Å². The van der Waals surface area contributed by atoms with Gasteiger partial charge in [-0.15, -0.1) is 0 Å². The Morgan fingerprint density at radius 1 is 1.15 bits per heavy atom. The van der Waals surface area contributed by atoms with E-state index in [9.17, 15) is 19.7 Å². The highest BCUT2D eigenvalue weighted by Crippen LogP contribution is 2.29. The molecule has 1 aromatic heterocycles. The number of carbonyl (C=O) groups excluding carboxylic acids is 1. The molecule has 0 radical (unpaired) electrons. The molecule has 138 valence electrons. The minimum Gasteiger partial charge on any atom is -0.422 e. The molecule has 0 spiro atoms.